The predicted molar refractivity (Wildman–Crippen MR) is 103 cm³/mol. The summed E-state index contributed by atoms with van der Waals surface area (Å²) in [4.78, 5) is 23.6. The van der Waals surface area contributed by atoms with E-state index in [0.29, 0.717) is 4.43 Å². The van der Waals surface area contributed by atoms with Crippen molar-refractivity contribution >= 4 is 34.7 Å². The second kappa shape index (κ2) is 7.86. The van der Waals surface area contributed by atoms with Crippen molar-refractivity contribution in [2.24, 2.45) is 0 Å². The summed E-state index contributed by atoms with van der Waals surface area (Å²) in [6, 6.07) is 15.6. The Morgan fingerprint density at radius 2 is 1.64 bits per heavy atom. The van der Waals surface area contributed by atoms with Crippen LogP contribution < -0.4 is 5.32 Å². The lowest BCUT2D eigenvalue weighted by atomic mass is 9.98. The number of esters is 1. The minimum Gasteiger partial charge on any atom is -0.467 e. The molecule has 0 saturated carbocycles. The molecule has 1 amide bonds. The van der Waals surface area contributed by atoms with Crippen LogP contribution in [-0.2, 0) is 14.3 Å². The number of methoxy groups -OCH3 is 1. The highest BCUT2D eigenvalue weighted by atomic mass is 127. The number of alkyl halides is 1. The van der Waals surface area contributed by atoms with E-state index in [0.717, 1.165) is 11.1 Å². The van der Waals surface area contributed by atoms with E-state index in [1.165, 1.54) is 18.2 Å². The number of carbonyl (C=O) groups excluding carboxylic acids is 2. The third-order valence-corrected chi connectivity index (χ3v) is 5.16. The van der Waals surface area contributed by atoms with E-state index in [9.17, 15) is 9.59 Å². The molecule has 5 nitrogen and oxygen atoms in total. The molecule has 0 unspecified atom stereocenters. The van der Waals surface area contributed by atoms with Crippen molar-refractivity contribution in [2.45, 2.75) is 12.0 Å². The first-order valence-corrected chi connectivity index (χ1v) is 9.43. The fourth-order valence-electron chi connectivity index (χ4n) is 3.09. The summed E-state index contributed by atoms with van der Waals surface area (Å²) in [6.07, 6.45) is -0.617. The lowest BCUT2D eigenvalue weighted by Gasteiger charge is -2.17. The molecule has 0 aromatic heterocycles. The van der Waals surface area contributed by atoms with E-state index < -0.39 is 18.1 Å². The number of hydrogen-bond acceptors (Lipinski definition) is 4. The predicted octanol–water partition coefficient (Wildman–Crippen LogP) is 3.50. The number of alkyl carbamates (subject to hydrolysis) is 1. The van der Waals surface area contributed by atoms with Crippen molar-refractivity contribution < 1.29 is 19.1 Å². The van der Waals surface area contributed by atoms with Gasteiger partial charge >= 0.3 is 12.1 Å². The Hall–Kier alpha value is -2.09. The number of nitrogens with one attached hydrogen (secondary N) is 1. The molecule has 130 valence electrons. The molecule has 0 bridgehead atoms. The summed E-state index contributed by atoms with van der Waals surface area (Å²) in [7, 11) is 1.29. The van der Waals surface area contributed by atoms with Crippen molar-refractivity contribution in [2.75, 3.05) is 18.1 Å². The summed E-state index contributed by atoms with van der Waals surface area (Å²) in [5.74, 6) is -0.489. The second-order valence-electron chi connectivity index (χ2n) is 5.70. The quantitative estimate of drug-likeness (QED) is 0.430. The summed E-state index contributed by atoms with van der Waals surface area (Å²) in [5, 5.41) is 2.55. The number of halogens is 1. The molecule has 0 aliphatic heterocycles. The van der Waals surface area contributed by atoms with E-state index in [2.05, 4.69) is 34.3 Å². The number of rotatable bonds is 5. The monoisotopic (exact) mass is 451 g/mol. The highest BCUT2D eigenvalue weighted by molar-refractivity contribution is 14.1. The van der Waals surface area contributed by atoms with Crippen LogP contribution in [0.15, 0.2) is 48.5 Å². The van der Waals surface area contributed by atoms with Crippen molar-refractivity contribution in [1.29, 1.82) is 0 Å². The van der Waals surface area contributed by atoms with Crippen LogP contribution >= 0.6 is 22.6 Å². The first kappa shape index (κ1) is 17.7. The molecule has 6 heteroatoms. The van der Waals surface area contributed by atoms with Gasteiger partial charge in [0.2, 0.25) is 0 Å². The molecular weight excluding hydrogens is 433 g/mol. The fraction of sp³-hybridized carbons (Fsp3) is 0.263. The molecule has 3 rings (SSSR count). The van der Waals surface area contributed by atoms with Gasteiger partial charge in [0.1, 0.15) is 12.6 Å². The molecule has 1 atom stereocenters. The Balaban J connectivity index is 1.71. The Kier molecular flexibility index (Phi) is 5.57. The van der Waals surface area contributed by atoms with Gasteiger partial charge in [-0.15, -0.1) is 0 Å². The van der Waals surface area contributed by atoms with Crippen molar-refractivity contribution in [1.82, 2.24) is 5.32 Å². The highest BCUT2D eigenvalue weighted by Crippen LogP contribution is 2.44. The van der Waals surface area contributed by atoms with Crippen LogP contribution in [0.5, 0.6) is 0 Å². The summed E-state index contributed by atoms with van der Waals surface area (Å²) in [5.41, 5.74) is 4.64. The van der Waals surface area contributed by atoms with Crippen LogP contribution in [0.1, 0.15) is 17.0 Å². The molecule has 1 N–H and O–H groups in total. The fourth-order valence-corrected chi connectivity index (χ4v) is 3.66. The molecule has 0 fully saturated rings. The Morgan fingerprint density at radius 3 is 2.16 bits per heavy atom. The third kappa shape index (κ3) is 3.63. The van der Waals surface area contributed by atoms with Crippen molar-refractivity contribution in [3.05, 3.63) is 59.7 Å². The molecule has 2 aromatic carbocycles. The van der Waals surface area contributed by atoms with E-state index in [-0.39, 0.29) is 12.5 Å². The molecule has 0 spiro atoms. The van der Waals surface area contributed by atoms with Gasteiger partial charge in [0.15, 0.2) is 0 Å². The molecule has 0 radical (unpaired) electrons. The lowest BCUT2D eigenvalue weighted by molar-refractivity contribution is -0.142. The second-order valence-corrected chi connectivity index (χ2v) is 6.58. The Morgan fingerprint density at radius 1 is 1.08 bits per heavy atom. The molecule has 1 aliphatic carbocycles. The number of amides is 1. The Bertz CT molecular complexity index is 747. The lowest BCUT2D eigenvalue weighted by Crippen LogP contribution is -2.43. The average molecular weight is 451 g/mol. The maximum absolute atomic E-state index is 12.1. The summed E-state index contributed by atoms with van der Waals surface area (Å²) >= 11 is 2.02. The first-order valence-electron chi connectivity index (χ1n) is 7.91. The zero-order valence-corrected chi connectivity index (χ0v) is 15.9. The molecule has 0 saturated heterocycles. The minimum absolute atomic E-state index is 0.00525. The van der Waals surface area contributed by atoms with Crippen LogP contribution in [0.3, 0.4) is 0 Å². The standard InChI is InChI=1S/C19H18INO4/c1-24-18(22)17(10-20)21-19(23)25-11-16-14-8-4-2-6-12(14)13-7-3-5-9-15(13)16/h2-9,16-17H,10-11H2,1H3,(H,21,23)/t17-/m1/s1. The summed E-state index contributed by atoms with van der Waals surface area (Å²) < 4.78 is 10.5. The number of carbonyl (C=O) groups is 2. The number of ether oxygens (including phenoxy) is 2. The van der Waals surface area contributed by atoms with E-state index in [1.807, 2.05) is 46.9 Å². The highest BCUT2D eigenvalue weighted by Gasteiger charge is 2.29. The number of hydrogen-bond donors (Lipinski definition) is 1. The minimum atomic E-state index is -0.707. The zero-order valence-electron chi connectivity index (χ0n) is 13.7. The first-order chi connectivity index (χ1) is 12.2. The van der Waals surface area contributed by atoms with Crippen LogP contribution in [0.4, 0.5) is 4.79 Å². The molecule has 1 aliphatic rings. The maximum atomic E-state index is 12.1. The van der Waals surface area contributed by atoms with Gasteiger partial charge in [-0.2, -0.15) is 0 Å². The number of benzene rings is 2. The van der Waals surface area contributed by atoms with E-state index in [1.54, 1.807) is 0 Å². The normalized spacial score (nSPS) is 13.5. The largest absolute Gasteiger partial charge is 0.467 e. The van der Waals surface area contributed by atoms with Crippen LogP contribution in [0.25, 0.3) is 11.1 Å². The topological polar surface area (TPSA) is 64.6 Å². The SMILES string of the molecule is COC(=O)[C@@H](CI)NC(=O)OCC1c2ccccc2-c2ccccc21. The van der Waals surface area contributed by atoms with Crippen LogP contribution in [0, 0.1) is 0 Å². The van der Waals surface area contributed by atoms with Gasteiger partial charge in [0.25, 0.3) is 0 Å². The number of fused-ring (bicyclic) bond motifs is 3. The smallest absolute Gasteiger partial charge is 0.407 e. The molecule has 2 aromatic rings. The maximum Gasteiger partial charge on any atom is 0.407 e. The third-order valence-electron chi connectivity index (χ3n) is 4.28. The van der Waals surface area contributed by atoms with Gasteiger partial charge in [-0.25, -0.2) is 9.59 Å². The van der Waals surface area contributed by atoms with Gasteiger partial charge in [-0.3, -0.25) is 0 Å². The van der Waals surface area contributed by atoms with E-state index >= 15 is 0 Å². The molecule has 25 heavy (non-hydrogen) atoms. The van der Waals surface area contributed by atoms with E-state index in [4.69, 9.17) is 4.74 Å². The zero-order chi connectivity index (χ0) is 17.8. The van der Waals surface area contributed by atoms with Crippen molar-refractivity contribution in [3.8, 4) is 11.1 Å². The van der Waals surface area contributed by atoms with Crippen molar-refractivity contribution in [3.63, 3.8) is 0 Å². The van der Waals surface area contributed by atoms with Gasteiger partial charge in [0.05, 0.1) is 7.11 Å². The molecule has 0 heterocycles. The molecular formula is C19H18INO4. The summed E-state index contributed by atoms with van der Waals surface area (Å²) in [6.45, 7) is 0.217. The van der Waals surface area contributed by atoms with Gasteiger partial charge in [-0.05, 0) is 22.3 Å². The van der Waals surface area contributed by atoms with Crippen LogP contribution in [0.2, 0.25) is 0 Å². The average Bonchev–Trinajstić information content (AvgIpc) is 2.98. The Labute approximate surface area is 159 Å². The van der Waals surface area contributed by atoms with Gasteiger partial charge < -0.3 is 14.8 Å². The van der Waals surface area contributed by atoms with Gasteiger partial charge in [0, 0.05) is 10.3 Å². The van der Waals surface area contributed by atoms with Crippen LogP contribution in [-0.4, -0.2) is 36.2 Å². The van der Waals surface area contributed by atoms with Gasteiger partial charge in [-0.1, -0.05) is 71.1 Å².